The molecule has 4 aromatic carbocycles. The molecule has 5 heteroatoms. The van der Waals surface area contributed by atoms with Crippen molar-refractivity contribution < 1.29 is 19.5 Å². The van der Waals surface area contributed by atoms with Gasteiger partial charge in [-0.1, -0.05) is 54.6 Å². The quantitative estimate of drug-likeness (QED) is 0.529. The maximum Gasteiger partial charge on any atom is 0.488 e. The summed E-state index contributed by atoms with van der Waals surface area (Å²) in [4.78, 5) is 0. The Hall–Kier alpha value is -3.28. The second kappa shape index (κ2) is 7.54. The van der Waals surface area contributed by atoms with Crippen molar-refractivity contribution in [3.63, 3.8) is 0 Å². The first kappa shape index (κ1) is 17.2. The molecule has 0 spiro atoms. The van der Waals surface area contributed by atoms with Crippen molar-refractivity contribution in [3.8, 4) is 23.0 Å². The van der Waals surface area contributed by atoms with Crippen LogP contribution in [0, 0.1) is 0 Å². The van der Waals surface area contributed by atoms with E-state index in [0.29, 0.717) is 22.7 Å². The van der Waals surface area contributed by atoms with Crippen LogP contribution in [0.2, 0.25) is 0 Å². The van der Waals surface area contributed by atoms with Crippen LogP contribution in [-0.4, -0.2) is 17.2 Å². The molecule has 0 unspecified atom stereocenters. The molecule has 0 radical (unpaired) electrons. The van der Waals surface area contributed by atoms with Crippen molar-refractivity contribution in [1.29, 1.82) is 0 Å². The van der Waals surface area contributed by atoms with Crippen LogP contribution < -0.4 is 14.9 Å². The zero-order valence-corrected chi connectivity index (χ0v) is 14.4. The van der Waals surface area contributed by atoms with Gasteiger partial charge >= 0.3 is 7.12 Å². The van der Waals surface area contributed by atoms with E-state index in [4.69, 9.17) is 19.5 Å². The van der Waals surface area contributed by atoms with Crippen molar-refractivity contribution in [2.24, 2.45) is 0 Å². The number of benzene rings is 4. The number of ether oxygens (including phenoxy) is 2. The van der Waals surface area contributed by atoms with Crippen LogP contribution in [0.4, 0.5) is 0 Å². The fourth-order valence-corrected chi connectivity index (χ4v) is 2.86. The number of hydrogen-bond acceptors (Lipinski definition) is 4. The molecule has 4 rings (SSSR count). The SMILES string of the molecule is OB(O)c1ccc(Oc2cccc(Oc3cccc4ccccc34)c2)cc1. The van der Waals surface area contributed by atoms with E-state index in [-0.39, 0.29) is 0 Å². The van der Waals surface area contributed by atoms with E-state index in [1.807, 2.05) is 54.6 Å². The molecule has 0 aliphatic rings. The molecule has 0 amide bonds. The molecule has 0 aliphatic heterocycles. The van der Waals surface area contributed by atoms with E-state index < -0.39 is 7.12 Å². The average Bonchev–Trinajstić information content (AvgIpc) is 2.69. The van der Waals surface area contributed by atoms with Gasteiger partial charge in [-0.25, -0.2) is 0 Å². The molecule has 0 saturated carbocycles. The maximum absolute atomic E-state index is 9.15. The lowest BCUT2D eigenvalue weighted by atomic mass is 9.80. The first-order chi connectivity index (χ1) is 13.2. The van der Waals surface area contributed by atoms with Crippen LogP contribution in [0.25, 0.3) is 10.8 Å². The van der Waals surface area contributed by atoms with Gasteiger partial charge in [-0.05, 0) is 41.2 Å². The molecule has 27 heavy (non-hydrogen) atoms. The van der Waals surface area contributed by atoms with Gasteiger partial charge in [0.1, 0.15) is 23.0 Å². The Morgan fingerprint density at radius 3 is 2.04 bits per heavy atom. The summed E-state index contributed by atoms with van der Waals surface area (Å²) in [6, 6.07) is 28.0. The largest absolute Gasteiger partial charge is 0.488 e. The Bertz CT molecular complexity index is 1060. The lowest BCUT2D eigenvalue weighted by Crippen LogP contribution is -2.29. The molecule has 0 fully saturated rings. The summed E-state index contributed by atoms with van der Waals surface area (Å²) in [7, 11) is -1.49. The smallest absolute Gasteiger partial charge is 0.457 e. The molecule has 2 N–H and O–H groups in total. The molecular formula is C22H17BO4. The van der Waals surface area contributed by atoms with Crippen LogP contribution in [0.1, 0.15) is 0 Å². The molecule has 0 atom stereocenters. The summed E-state index contributed by atoms with van der Waals surface area (Å²) >= 11 is 0. The molecule has 4 aromatic rings. The Balaban J connectivity index is 1.55. The Morgan fingerprint density at radius 1 is 0.593 bits per heavy atom. The van der Waals surface area contributed by atoms with Crippen molar-refractivity contribution in [2.75, 3.05) is 0 Å². The van der Waals surface area contributed by atoms with Gasteiger partial charge in [0, 0.05) is 11.5 Å². The van der Waals surface area contributed by atoms with Crippen molar-refractivity contribution in [2.45, 2.75) is 0 Å². The highest BCUT2D eigenvalue weighted by Gasteiger charge is 2.10. The summed E-state index contributed by atoms with van der Waals surface area (Å²) in [5, 5.41) is 20.5. The van der Waals surface area contributed by atoms with Crippen LogP contribution in [0.5, 0.6) is 23.0 Å². The van der Waals surface area contributed by atoms with Gasteiger partial charge in [-0.2, -0.15) is 0 Å². The second-order valence-electron chi connectivity index (χ2n) is 6.10. The zero-order valence-electron chi connectivity index (χ0n) is 14.4. The van der Waals surface area contributed by atoms with E-state index in [2.05, 4.69) is 12.1 Å². The molecule has 0 saturated heterocycles. The lowest BCUT2D eigenvalue weighted by molar-refractivity contribution is 0.425. The fourth-order valence-electron chi connectivity index (χ4n) is 2.86. The molecule has 0 aliphatic carbocycles. The third kappa shape index (κ3) is 3.95. The van der Waals surface area contributed by atoms with Gasteiger partial charge in [0.25, 0.3) is 0 Å². The Morgan fingerprint density at radius 2 is 1.26 bits per heavy atom. The van der Waals surface area contributed by atoms with E-state index in [1.54, 1.807) is 24.3 Å². The van der Waals surface area contributed by atoms with Crippen LogP contribution in [-0.2, 0) is 0 Å². The molecule has 0 bridgehead atoms. The number of hydrogen-bond donors (Lipinski definition) is 2. The van der Waals surface area contributed by atoms with Crippen molar-refractivity contribution in [3.05, 3.63) is 91.0 Å². The van der Waals surface area contributed by atoms with Gasteiger partial charge in [0.2, 0.25) is 0 Å². The van der Waals surface area contributed by atoms with Gasteiger partial charge in [0.15, 0.2) is 0 Å². The van der Waals surface area contributed by atoms with E-state index in [1.165, 1.54) is 0 Å². The van der Waals surface area contributed by atoms with E-state index in [0.717, 1.165) is 16.5 Å². The highest BCUT2D eigenvalue weighted by molar-refractivity contribution is 6.58. The molecule has 4 nitrogen and oxygen atoms in total. The first-order valence-corrected chi connectivity index (χ1v) is 8.59. The monoisotopic (exact) mass is 356 g/mol. The minimum atomic E-state index is -1.49. The van der Waals surface area contributed by atoms with E-state index in [9.17, 15) is 0 Å². The van der Waals surface area contributed by atoms with Gasteiger partial charge < -0.3 is 19.5 Å². The molecule has 0 heterocycles. The number of fused-ring (bicyclic) bond motifs is 1. The van der Waals surface area contributed by atoms with Crippen molar-refractivity contribution in [1.82, 2.24) is 0 Å². The van der Waals surface area contributed by atoms with Gasteiger partial charge in [0.05, 0.1) is 0 Å². The minimum absolute atomic E-state index is 0.412. The Kier molecular flexibility index (Phi) is 4.79. The first-order valence-electron chi connectivity index (χ1n) is 8.59. The zero-order chi connectivity index (χ0) is 18.6. The minimum Gasteiger partial charge on any atom is -0.457 e. The van der Waals surface area contributed by atoms with E-state index >= 15 is 0 Å². The standard InChI is InChI=1S/C22H17BO4/c24-23(25)17-11-13-18(14-12-17)26-19-7-4-8-20(15-19)27-22-10-3-6-16-5-1-2-9-21(16)22/h1-15,24-25H. The maximum atomic E-state index is 9.15. The van der Waals surface area contributed by atoms with Crippen LogP contribution >= 0.6 is 0 Å². The van der Waals surface area contributed by atoms with Gasteiger partial charge in [-0.15, -0.1) is 0 Å². The lowest BCUT2D eigenvalue weighted by Gasteiger charge is -2.11. The summed E-state index contributed by atoms with van der Waals surface area (Å²) in [6.07, 6.45) is 0. The fraction of sp³-hybridized carbons (Fsp3) is 0. The average molecular weight is 356 g/mol. The second-order valence-corrected chi connectivity index (χ2v) is 6.10. The Labute approximate surface area is 157 Å². The highest BCUT2D eigenvalue weighted by Crippen LogP contribution is 2.32. The highest BCUT2D eigenvalue weighted by atomic mass is 16.5. The predicted molar refractivity (Wildman–Crippen MR) is 107 cm³/mol. The third-order valence-electron chi connectivity index (χ3n) is 4.20. The molecule has 0 aromatic heterocycles. The van der Waals surface area contributed by atoms with Crippen molar-refractivity contribution >= 4 is 23.4 Å². The topological polar surface area (TPSA) is 58.9 Å². The summed E-state index contributed by atoms with van der Waals surface area (Å²) in [5.74, 6) is 2.68. The molecule has 132 valence electrons. The normalized spacial score (nSPS) is 10.6. The summed E-state index contributed by atoms with van der Waals surface area (Å²) in [5.41, 5.74) is 0.412. The summed E-state index contributed by atoms with van der Waals surface area (Å²) in [6.45, 7) is 0. The molecular weight excluding hydrogens is 339 g/mol. The summed E-state index contributed by atoms with van der Waals surface area (Å²) < 4.78 is 11.9. The van der Waals surface area contributed by atoms with Crippen LogP contribution in [0.15, 0.2) is 91.0 Å². The number of rotatable bonds is 5. The predicted octanol–water partition coefficient (Wildman–Crippen LogP) is 4.10. The van der Waals surface area contributed by atoms with Crippen LogP contribution in [0.3, 0.4) is 0 Å². The van der Waals surface area contributed by atoms with Gasteiger partial charge in [-0.3, -0.25) is 0 Å². The third-order valence-corrected chi connectivity index (χ3v) is 4.20.